The molecule has 1 nitrogen and oxygen atoms in total. The largest absolute Gasteiger partial charge is 0.306 e. The molecule has 0 bridgehead atoms. The van der Waals surface area contributed by atoms with Crippen LogP contribution in [0.1, 0.15) is 38.3 Å². The standard InChI is InChI=1S/C14H20FNS/c1-14(2,17-3)13-8-7-12(16-13)10-5-4-6-11(15)9-10/h4-6,9,12-13,16H,7-8H2,1-3H3. The van der Waals surface area contributed by atoms with Gasteiger partial charge < -0.3 is 5.32 Å². The van der Waals surface area contributed by atoms with Crippen LogP contribution >= 0.6 is 11.8 Å². The molecule has 1 saturated heterocycles. The molecule has 0 spiro atoms. The maximum Gasteiger partial charge on any atom is 0.123 e. The first kappa shape index (κ1) is 12.9. The van der Waals surface area contributed by atoms with Gasteiger partial charge in [-0.3, -0.25) is 0 Å². The predicted octanol–water partition coefficient (Wildman–Crippen LogP) is 3.76. The quantitative estimate of drug-likeness (QED) is 0.880. The summed E-state index contributed by atoms with van der Waals surface area (Å²) in [6.45, 7) is 4.53. The molecule has 94 valence electrons. The Balaban J connectivity index is 2.08. The van der Waals surface area contributed by atoms with Crippen LogP contribution < -0.4 is 5.32 Å². The first-order valence-electron chi connectivity index (χ1n) is 6.09. The zero-order valence-corrected chi connectivity index (χ0v) is 11.5. The van der Waals surface area contributed by atoms with Gasteiger partial charge in [-0.15, -0.1) is 0 Å². The van der Waals surface area contributed by atoms with Gasteiger partial charge in [0.15, 0.2) is 0 Å². The highest BCUT2D eigenvalue weighted by molar-refractivity contribution is 8.00. The first-order valence-corrected chi connectivity index (χ1v) is 7.32. The Labute approximate surface area is 107 Å². The molecule has 2 unspecified atom stereocenters. The van der Waals surface area contributed by atoms with Crippen LogP contribution in [-0.4, -0.2) is 17.0 Å². The summed E-state index contributed by atoms with van der Waals surface area (Å²) >= 11 is 1.89. The summed E-state index contributed by atoms with van der Waals surface area (Å²) in [5.41, 5.74) is 1.07. The zero-order valence-electron chi connectivity index (χ0n) is 10.7. The minimum Gasteiger partial charge on any atom is -0.306 e. The van der Waals surface area contributed by atoms with Gasteiger partial charge in [-0.2, -0.15) is 11.8 Å². The number of thioether (sulfide) groups is 1. The molecule has 0 radical (unpaired) electrons. The lowest BCUT2D eigenvalue weighted by Crippen LogP contribution is -2.40. The molecule has 1 aromatic rings. The van der Waals surface area contributed by atoms with E-state index in [1.54, 1.807) is 12.1 Å². The van der Waals surface area contributed by atoms with Crippen molar-refractivity contribution in [2.75, 3.05) is 6.26 Å². The van der Waals surface area contributed by atoms with Gasteiger partial charge in [0.2, 0.25) is 0 Å². The van der Waals surface area contributed by atoms with Crippen LogP contribution in [0.15, 0.2) is 24.3 Å². The number of rotatable bonds is 3. The third-order valence-corrected chi connectivity index (χ3v) is 5.10. The third kappa shape index (κ3) is 2.83. The fourth-order valence-electron chi connectivity index (χ4n) is 2.42. The van der Waals surface area contributed by atoms with Gasteiger partial charge in [-0.25, -0.2) is 4.39 Å². The van der Waals surface area contributed by atoms with Crippen LogP contribution in [-0.2, 0) is 0 Å². The van der Waals surface area contributed by atoms with E-state index >= 15 is 0 Å². The van der Waals surface area contributed by atoms with E-state index in [4.69, 9.17) is 0 Å². The van der Waals surface area contributed by atoms with Crippen LogP contribution in [0.25, 0.3) is 0 Å². The normalized spacial score (nSPS) is 25.2. The molecule has 0 saturated carbocycles. The maximum atomic E-state index is 13.2. The summed E-state index contributed by atoms with van der Waals surface area (Å²) in [5.74, 6) is -0.142. The number of benzene rings is 1. The summed E-state index contributed by atoms with van der Waals surface area (Å²) in [6, 6.07) is 7.76. The van der Waals surface area contributed by atoms with Gasteiger partial charge in [0.05, 0.1) is 0 Å². The van der Waals surface area contributed by atoms with E-state index < -0.39 is 0 Å². The Bertz CT molecular complexity index is 392. The highest BCUT2D eigenvalue weighted by Gasteiger charge is 2.35. The molecule has 3 heteroatoms. The Kier molecular flexibility index (Phi) is 3.79. The Morgan fingerprint density at radius 2 is 2.12 bits per heavy atom. The molecule has 17 heavy (non-hydrogen) atoms. The van der Waals surface area contributed by atoms with E-state index in [1.165, 1.54) is 6.07 Å². The van der Waals surface area contributed by atoms with Crippen LogP contribution in [0.5, 0.6) is 0 Å². The lowest BCUT2D eigenvalue weighted by Gasteiger charge is -2.30. The third-order valence-electron chi connectivity index (χ3n) is 3.76. The van der Waals surface area contributed by atoms with Crippen LogP contribution in [0.2, 0.25) is 0 Å². The molecular formula is C14H20FNS. The minimum atomic E-state index is -0.142. The fourth-order valence-corrected chi connectivity index (χ4v) is 2.89. The zero-order chi connectivity index (χ0) is 12.5. The van der Waals surface area contributed by atoms with Crippen molar-refractivity contribution in [3.8, 4) is 0 Å². The molecule has 0 aliphatic carbocycles. The molecule has 1 aliphatic rings. The number of hydrogen-bond acceptors (Lipinski definition) is 2. The summed E-state index contributed by atoms with van der Waals surface area (Å²) in [7, 11) is 0. The molecule has 1 N–H and O–H groups in total. The van der Waals surface area contributed by atoms with E-state index in [-0.39, 0.29) is 10.6 Å². The summed E-state index contributed by atoms with van der Waals surface area (Å²) in [5, 5.41) is 3.64. The molecule has 2 atom stereocenters. The van der Waals surface area contributed by atoms with Crippen LogP contribution in [0, 0.1) is 5.82 Å². The Morgan fingerprint density at radius 1 is 1.35 bits per heavy atom. The van der Waals surface area contributed by atoms with Crippen LogP contribution in [0.3, 0.4) is 0 Å². The first-order chi connectivity index (χ1) is 8.03. The summed E-state index contributed by atoms with van der Waals surface area (Å²) in [6.07, 6.45) is 4.41. The monoisotopic (exact) mass is 253 g/mol. The second kappa shape index (κ2) is 4.99. The van der Waals surface area contributed by atoms with E-state index in [1.807, 2.05) is 17.8 Å². The van der Waals surface area contributed by atoms with Gasteiger partial charge >= 0.3 is 0 Å². The number of halogens is 1. The Morgan fingerprint density at radius 3 is 2.76 bits per heavy atom. The van der Waals surface area contributed by atoms with Crippen molar-refractivity contribution < 1.29 is 4.39 Å². The van der Waals surface area contributed by atoms with Crippen molar-refractivity contribution in [2.24, 2.45) is 0 Å². The van der Waals surface area contributed by atoms with Crippen molar-refractivity contribution in [3.63, 3.8) is 0 Å². The van der Waals surface area contributed by atoms with Gasteiger partial charge in [0.1, 0.15) is 5.82 Å². The average molecular weight is 253 g/mol. The lowest BCUT2D eigenvalue weighted by atomic mass is 10.0. The second-order valence-corrected chi connectivity index (χ2v) is 6.67. The topological polar surface area (TPSA) is 12.0 Å². The van der Waals surface area contributed by atoms with Crippen LogP contribution in [0.4, 0.5) is 4.39 Å². The van der Waals surface area contributed by atoms with Crippen molar-refractivity contribution in [3.05, 3.63) is 35.6 Å². The van der Waals surface area contributed by atoms with Crippen molar-refractivity contribution in [1.82, 2.24) is 5.32 Å². The molecule has 0 amide bonds. The highest BCUT2D eigenvalue weighted by Crippen LogP contribution is 2.36. The fraction of sp³-hybridized carbons (Fsp3) is 0.571. The van der Waals surface area contributed by atoms with E-state index in [0.29, 0.717) is 12.1 Å². The molecule has 1 aromatic carbocycles. The van der Waals surface area contributed by atoms with Gasteiger partial charge in [0.25, 0.3) is 0 Å². The van der Waals surface area contributed by atoms with Crippen molar-refractivity contribution >= 4 is 11.8 Å². The smallest absolute Gasteiger partial charge is 0.123 e. The summed E-state index contributed by atoms with van der Waals surface area (Å²) in [4.78, 5) is 0. The average Bonchev–Trinajstić information content (AvgIpc) is 2.79. The minimum absolute atomic E-state index is 0.142. The molecule has 1 fully saturated rings. The van der Waals surface area contributed by atoms with E-state index in [0.717, 1.165) is 18.4 Å². The van der Waals surface area contributed by atoms with Gasteiger partial charge in [-0.1, -0.05) is 12.1 Å². The predicted molar refractivity (Wildman–Crippen MR) is 72.9 cm³/mol. The number of nitrogens with one attached hydrogen (secondary N) is 1. The van der Waals surface area contributed by atoms with Crippen molar-refractivity contribution in [1.29, 1.82) is 0 Å². The second-order valence-electron chi connectivity index (χ2n) is 5.21. The van der Waals surface area contributed by atoms with E-state index in [2.05, 4.69) is 25.4 Å². The van der Waals surface area contributed by atoms with Gasteiger partial charge in [-0.05, 0) is 50.6 Å². The lowest BCUT2D eigenvalue weighted by molar-refractivity contribution is 0.467. The molecule has 1 heterocycles. The molecule has 1 aliphatic heterocycles. The molecule has 2 rings (SSSR count). The molecule has 0 aromatic heterocycles. The highest BCUT2D eigenvalue weighted by atomic mass is 32.2. The van der Waals surface area contributed by atoms with E-state index in [9.17, 15) is 4.39 Å². The maximum absolute atomic E-state index is 13.2. The van der Waals surface area contributed by atoms with Gasteiger partial charge in [0, 0.05) is 16.8 Å². The van der Waals surface area contributed by atoms with Crippen molar-refractivity contribution in [2.45, 2.75) is 43.5 Å². The SMILES string of the molecule is CSC(C)(C)C1CCC(c2cccc(F)c2)N1. The number of hydrogen-bond donors (Lipinski definition) is 1. The Hall–Kier alpha value is -0.540. The summed E-state index contributed by atoms with van der Waals surface area (Å²) < 4.78 is 13.4. The molecular weight excluding hydrogens is 233 g/mol.